The molecule has 1 aromatic rings. The smallest absolute Gasteiger partial charge is 0.341 e. The molecule has 0 saturated heterocycles. The molecule has 0 unspecified atom stereocenters. The summed E-state index contributed by atoms with van der Waals surface area (Å²) in [6.07, 6.45) is 0.629. The lowest BCUT2D eigenvalue weighted by molar-refractivity contribution is -0.139. The predicted octanol–water partition coefficient (Wildman–Crippen LogP) is 2.33. The van der Waals surface area contributed by atoms with Crippen LogP contribution in [-0.4, -0.2) is 24.0 Å². The van der Waals surface area contributed by atoms with Crippen molar-refractivity contribution in [2.45, 2.75) is 0 Å². The average Bonchev–Trinajstić information content (AvgIpc) is 2.14. The number of rotatable bonds is 4. The largest absolute Gasteiger partial charge is 0.480 e. The summed E-state index contributed by atoms with van der Waals surface area (Å²) < 4.78 is 6.45. The Morgan fingerprint density at radius 1 is 1.60 bits per heavy atom. The van der Waals surface area contributed by atoms with E-state index in [-0.39, 0.29) is 0 Å². The van der Waals surface area contributed by atoms with Gasteiger partial charge in [-0.25, -0.2) is 4.79 Å². The van der Waals surface area contributed by atoms with E-state index in [0.29, 0.717) is 21.2 Å². The third-order valence-electron chi connectivity index (χ3n) is 1.50. The highest BCUT2D eigenvalue weighted by Gasteiger charge is 2.10. The topological polar surface area (TPSA) is 63.6 Å². The SMILES string of the molecule is O=Cc1cc(Br)cc(I)c1OCC(=O)O. The summed E-state index contributed by atoms with van der Waals surface area (Å²) >= 11 is 5.21. The molecule has 0 aliphatic heterocycles. The predicted molar refractivity (Wildman–Crippen MR) is 65.4 cm³/mol. The quantitative estimate of drug-likeness (QED) is 0.639. The fourth-order valence-electron chi connectivity index (χ4n) is 0.954. The second kappa shape index (κ2) is 5.45. The van der Waals surface area contributed by atoms with E-state index in [9.17, 15) is 9.59 Å². The lowest BCUT2D eigenvalue weighted by Crippen LogP contribution is -2.11. The molecule has 0 heterocycles. The van der Waals surface area contributed by atoms with Gasteiger partial charge >= 0.3 is 5.97 Å². The monoisotopic (exact) mass is 384 g/mol. The van der Waals surface area contributed by atoms with E-state index in [0.717, 1.165) is 4.47 Å². The Labute approximate surface area is 108 Å². The molecule has 0 saturated carbocycles. The Kier molecular flexibility index (Phi) is 4.52. The molecule has 0 bridgehead atoms. The van der Waals surface area contributed by atoms with Crippen molar-refractivity contribution in [2.75, 3.05) is 6.61 Å². The molecule has 6 heteroatoms. The van der Waals surface area contributed by atoms with Gasteiger partial charge in [-0.15, -0.1) is 0 Å². The Balaban J connectivity index is 3.04. The van der Waals surface area contributed by atoms with Gasteiger partial charge in [0.2, 0.25) is 0 Å². The van der Waals surface area contributed by atoms with Gasteiger partial charge in [0.15, 0.2) is 12.9 Å². The number of aliphatic carboxylic acids is 1. The van der Waals surface area contributed by atoms with Crippen molar-refractivity contribution in [3.05, 3.63) is 25.7 Å². The van der Waals surface area contributed by atoms with E-state index in [2.05, 4.69) is 15.9 Å². The summed E-state index contributed by atoms with van der Waals surface area (Å²) in [5.41, 5.74) is 0.329. The number of carboxylic acid groups (broad SMARTS) is 1. The van der Waals surface area contributed by atoms with Crippen LogP contribution in [0.3, 0.4) is 0 Å². The van der Waals surface area contributed by atoms with Crippen LogP contribution in [0.25, 0.3) is 0 Å². The number of carboxylic acids is 1. The van der Waals surface area contributed by atoms with Crippen molar-refractivity contribution in [1.82, 2.24) is 0 Å². The molecule has 0 aliphatic carbocycles. The van der Waals surface area contributed by atoms with Crippen LogP contribution in [0.4, 0.5) is 0 Å². The number of benzene rings is 1. The number of carbonyl (C=O) groups excluding carboxylic acids is 1. The van der Waals surface area contributed by atoms with Crippen LogP contribution < -0.4 is 4.74 Å². The normalized spacial score (nSPS) is 9.73. The molecular weight excluding hydrogens is 379 g/mol. The molecule has 0 fully saturated rings. The maximum Gasteiger partial charge on any atom is 0.341 e. The van der Waals surface area contributed by atoms with Crippen molar-refractivity contribution >= 4 is 50.8 Å². The van der Waals surface area contributed by atoms with Gasteiger partial charge in [0.25, 0.3) is 0 Å². The highest BCUT2D eigenvalue weighted by Crippen LogP contribution is 2.28. The second-order valence-electron chi connectivity index (χ2n) is 2.61. The summed E-state index contributed by atoms with van der Waals surface area (Å²) in [7, 11) is 0. The van der Waals surface area contributed by atoms with Gasteiger partial charge in [0.1, 0.15) is 5.75 Å². The average molecular weight is 385 g/mol. The minimum absolute atomic E-state index is 0.302. The van der Waals surface area contributed by atoms with Crippen LogP contribution in [0.2, 0.25) is 0 Å². The lowest BCUT2D eigenvalue weighted by atomic mass is 10.2. The molecule has 0 aromatic heterocycles. The molecule has 1 rings (SSSR count). The summed E-state index contributed by atoms with van der Waals surface area (Å²) in [5, 5.41) is 8.46. The zero-order valence-corrected chi connectivity index (χ0v) is 11.1. The van der Waals surface area contributed by atoms with Gasteiger partial charge in [-0.1, -0.05) is 15.9 Å². The van der Waals surface area contributed by atoms with Gasteiger partial charge in [0, 0.05) is 4.47 Å². The second-order valence-corrected chi connectivity index (χ2v) is 4.68. The molecule has 4 nitrogen and oxygen atoms in total. The zero-order chi connectivity index (χ0) is 11.4. The number of ether oxygens (including phenoxy) is 1. The Hall–Kier alpha value is -0.630. The number of halogens is 2. The molecule has 0 amide bonds. The minimum atomic E-state index is -1.08. The van der Waals surface area contributed by atoms with Crippen LogP contribution in [-0.2, 0) is 4.79 Å². The minimum Gasteiger partial charge on any atom is -0.480 e. The van der Waals surface area contributed by atoms with E-state index >= 15 is 0 Å². The Bertz CT molecular complexity index is 405. The highest BCUT2D eigenvalue weighted by molar-refractivity contribution is 14.1. The van der Waals surface area contributed by atoms with Crippen molar-refractivity contribution in [3.8, 4) is 5.75 Å². The summed E-state index contributed by atoms with van der Waals surface area (Å²) in [6.45, 7) is -0.460. The van der Waals surface area contributed by atoms with Crippen LogP contribution in [0, 0.1) is 3.57 Å². The first-order valence-corrected chi connectivity index (χ1v) is 5.70. The lowest BCUT2D eigenvalue weighted by Gasteiger charge is -2.08. The van der Waals surface area contributed by atoms with Crippen LogP contribution in [0.5, 0.6) is 5.75 Å². The zero-order valence-electron chi connectivity index (χ0n) is 7.37. The summed E-state index contributed by atoms with van der Waals surface area (Å²) in [6, 6.07) is 3.32. The van der Waals surface area contributed by atoms with Crippen LogP contribution >= 0.6 is 38.5 Å². The third-order valence-corrected chi connectivity index (χ3v) is 2.76. The van der Waals surface area contributed by atoms with Gasteiger partial charge in [-0.05, 0) is 34.7 Å². The van der Waals surface area contributed by atoms with E-state index in [1.165, 1.54) is 0 Å². The number of hydrogen-bond donors (Lipinski definition) is 1. The van der Waals surface area contributed by atoms with Crippen molar-refractivity contribution in [2.24, 2.45) is 0 Å². The first-order chi connectivity index (χ1) is 7.04. The molecule has 0 atom stereocenters. The highest BCUT2D eigenvalue weighted by atomic mass is 127. The maximum absolute atomic E-state index is 10.7. The van der Waals surface area contributed by atoms with Crippen molar-refractivity contribution in [1.29, 1.82) is 0 Å². The van der Waals surface area contributed by atoms with E-state index in [1.807, 2.05) is 22.6 Å². The van der Waals surface area contributed by atoms with E-state index < -0.39 is 12.6 Å². The standard InChI is InChI=1S/C9H6BrIO4/c10-6-1-5(3-12)9(7(11)2-6)15-4-8(13)14/h1-3H,4H2,(H,13,14). The molecule has 1 aromatic carbocycles. The fraction of sp³-hybridized carbons (Fsp3) is 0.111. The first-order valence-electron chi connectivity index (χ1n) is 3.83. The summed E-state index contributed by atoms with van der Waals surface area (Å²) in [5.74, 6) is -0.776. The number of aldehydes is 1. The summed E-state index contributed by atoms with van der Waals surface area (Å²) in [4.78, 5) is 21.1. The number of carbonyl (C=O) groups is 2. The Morgan fingerprint density at radius 3 is 2.80 bits per heavy atom. The molecule has 80 valence electrons. The van der Waals surface area contributed by atoms with Gasteiger partial charge in [-0.3, -0.25) is 4.79 Å². The van der Waals surface area contributed by atoms with Gasteiger partial charge < -0.3 is 9.84 Å². The van der Waals surface area contributed by atoms with E-state index in [4.69, 9.17) is 9.84 Å². The maximum atomic E-state index is 10.7. The fourth-order valence-corrected chi connectivity index (χ4v) is 2.66. The number of hydrogen-bond acceptors (Lipinski definition) is 3. The molecule has 15 heavy (non-hydrogen) atoms. The third kappa shape index (κ3) is 3.45. The molecule has 0 aliphatic rings. The first kappa shape index (κ1) is 12.4. The molecule has 0 spiro atoms. The van der Waals surface area contributed by atoms with Crippen molar-refractivity contribution in [3.63, 3.8) is 0 Å². The van der Waals surface area contributed by atoms with Gasteiger partial charge in [0.05, 0.1) is 9.13 Å². The van der Waals surface area contributed by atoms with Crippen LogP contribution in [0.1, 0.15) is 10.4 Å². The van der Waals surface area contributed by atoms with Crippen molar-refractivity contribution < 1.29 is 19.4 Å². The van der Waals surface area contributed by atoms with E-state index in [1.54, 1.807) is 12.1 Å². The van der Waals surface area contributed by atoms with Crippen LogP contribution in [0.15, 0.2) is 16.6 Å². The Morgan fingerprint density at radius 2 is 2.27 bits per heavy atom. The molecule has 0 radical (unpaired) electrons. The van der Waals surface area contributed by atoms with Gasteiger partial charge in [-0.2, -0.15) is 0 Å². The molecule has 1 N–H and O–H groups in total. The molecular formula is C9H6BrIO4.